The highest BCUT2D eigenvalue weighted by Gasteiger charge is 2.31. The van der Waals surface area contributed by atoms with Crippen molar-refractivity contribution in [3.05, 3.63) is 34.1 Å². The molecule has 0 atom stereocenters. The van der Waals surface area contributed by atoms with Gasteiger partial charge in [0.2, 0.25) is 0 Å². The lowest BCUT2D eigenvalue weighted by molar-refractivity contribution is -0.385. The van der Waals surface area contributed by atoms with Gasteiger partial charge in [0.1, 0.15) is 0 Å². The highest BCUT2D eigenvalue weighted by atomic mass is 19.1. The molecular formula is C14H17FN2O4. The zero-order chi connectivity index (χ0) is 14.8. The molecule has 3 rings (SSSR count). The summed E-state index contributed by atoms with van der Waals surface area (Å²) in [6.45, 7) is 2.68. The zero-order valence-corrected chi connectivity index (χ0v) is 11.5. The van der Waals surface area contributed by atoms with Gasteiger partial charge in [-0.2, -0.15) is 0 Å². The van der Waals surface area contributed by atoms with Gasteiger partial charge in [0.25, 0.3) is 5.69 Å². The predicted octanol–water partition coefficient (Wildman–Crippen LogP) is 2.32. The molecule has 0 radical (unpaired) electrons. The molecule has 2 saturated heterocycles. The topological polar surface area (TPSA) is 64.8 Å². The molecule has 0 amide bonds. The number of benzene rings is 1. The predicted molar refractivity (Wildman–Crippen MR) is 73.7 cm³/mol. The highest BCUT2D eigenvalue weighted by Crippen LogP contribution is 2.31. The summed E-state index contributed by atoms with van der Waals surface area (Å²) in [5, 5.41) is 10.6. The van der Waals surface area contributed by atoms with E-state index in [0.29, 0.717) is 37.9 Å². The van der Waals surface area contributed by atoms with Gasteiger partial charge in [0.15, 0.2) is 12.1 Å². The monoisotopic (exact) mass is 296 g/mol. The van der Waals surface area contributed by atoms with Gasteiger partial charge in [0.05, 0.1) is 29.9 Å². The number of nitro benzene ring substituents is 1. The van der Waals surface area contributed by atoms with Gasteiger partial charge in [0, 0.05) is 25.1 Å². The van der Waals surface area contributed by atoms with Gasteiger partial charge < -0.3 is 14.4 Å². The summed E-state index contributed by atoms with van der Waals surface area (Å²) in [6, 6.07) is 3.80. The number of piperidine rings is 1. The molecule has 2 heterocycles. The first-order chi connectivity index (χ1) is 10.1. The van der Waals surface area contributed by atoms with Crippen LogP contribution in [0.5, 0.6) is 0 Å². The summed E-state index contributed by atoms with van der Waals surface area (Å²) >= 11 is 0. The van der Waals surface area contributed by atoms with Gasteiger partial charge in [-0.1, -0.05) is 0 Å². The number of anilines is 1. The van der Waals surface area contributed by atoms with Crippen LogP contribution < -0.4 is 4.90 Å². The molecule has 0 bridgehead atoms. The molecular weight excluding hydrogens is 279 g/mol. The Hall–Kier alpha value is -1.73. The van der Waals surface area contributed by atoms with Crippen LogP contribution in [0.1, 0.15) is 12.8 Å². The van der Waals surface area contributed by atoms with Crippen LogP contribution in [0, 0.1) is 21.8 Å². The van der Waals surface area contributed by atoms with Crippen LogP contribution in [-0.2, 0) is 9.47 Å². The SMILES string of the molecule is O=[N+]([O-])c1ccc(N2CCC(C3OCCO3)CC2)c(F)c1. The average molecular weight is 296 g/mol. The second-order valence-corrected chi connectivity index (χ2v) is 5.33. The average Bonchev–Trinajstić information content (AvgIpc) is 3.01. The van der Waals surface area contributed by atoms with Crippen molar-refractivity contribution >= 4 is 11.4 Å². The number of hydrogen-bond donors (Lipinski definition) is 0. The lowest BCUT2D eigenvalue weighted by Gasteiger charge is -2.35. The standard InChI is InChI=1S/C14H17FN2O4/c15-12-9-11(17(18)19)1-2-13(12)16-5-3-10(4-6-16)14-20-7-8-21-14/h1-2,9-10,14H,3-8H2. The normalized spacial score (nSPS) is 20.9. The fourth-order valence-corrected chi connectivity index (χ4v) is 2.93. The molecule has 2 aliphatic rings. The van der Waals surface area contributed by atoms with E-state index in [4.69, 9.17) is 9.47 Å². The van der Waals surface area contributed by atoms with Crippen LogP contribution in [0.3, 0.4) is 0 Å². The summed E-state index contributed by atoms with van der Waals surface area (Å²) in [4.78, 5) is 12.0. The first-order valence-corrected chi connectivity index (χ1v) is 7.07. The molecule has 6 nitrogen and oxygen atoms in total. The molecule has 0 unspecified atom stereocenters. The molecule has 1 aromatic rings. The third-order valence-corrected chi connectivity index (χ3v) is 4.05. The van der Waals surface area contributed by atoms with Gasteiger partial charge in [-0.05, 0) is 18.9 Å². The number of hydrogen-bond acceptors (Lipinski definition) is 5. The first kappa shape index (κ1) is 14.2. The van der Waals surface area contributed by atoms with Crippen molar-refractivity contribution in [1.82, 2.24) is 0 Å². The van der Waals surface area contributed by atoms with Gasteiger partial charge in [-0.25, -0.2) is 4.39 Å². The molecule has 0 saturated carbocycles. The third kappa shape index (κ3) is 2.98. The van der Waals surface area contributed by atoms with Crippen molar-refractivity contribution in [3.63, 3.8) is 0 Å². The Labute approximate surface area is 121 Å². The molecule has 2 aliphatic heterocycles. The van der Waals surface area contributed by atoms with Crippen molar-refractivity contribution in [2.75, 3.05) is 31.2 Å². The van der Waals surface area contributed by atoms with Gasteiger partial charge >= 0.3 is 0 Å². The van der Waals surface area contributed by atoms with E-state index in [1.807, 2.05) is 4.90 Å². The van der Waals surface area contributed by atoms with Crippen molar-refractivity contribution in [2.24, 2.45) is 5.92 Å². The van der Waals surface area contributed by atoms with Crippen LogP contribution in [0.25, 0.3) is 0 Å². The molecule has 0 aliphatic carbocycles. The number of nitrogens with zero attached hydrogens (tertiary/aromatic N) is 2. The zero-order valence-electron chi connectivity index (χ0n) is 11.5. The maximum atomic E-state index is 14.0. The van der Waals surface area contributed by atoms with Crippen molar-refractivity contribution in [3.8, 4) is 0 Å². The second kappa shape index (κ2) is 5.95. The molecule has 7 heteroatoms. The molecule has 1 aromatic carbocycles. The Morgan fingerprint density at radius 2 is 1.90 bits per heavy atom. The van der Waals surface area contributed by atoms with E-state index in [1.54, 1.807) is 0 Å². The molecule has 21 heavy (non-hydrogen) atoms. The van der Waals surface area contributed by atoms with E-state index in [-0.39, 0.29) is 12.0 Å². The van der Waals surface area contributed by atoms with Crippen LogP contribution >= 0.6 is 0 Å². The molecule has 2 fully saturated rings. The molecule has 0 N–H and O–H groups in total. The molecule has 114 valence electrons. The summed E-state index contributed by atoms with van der Waals surface area (Å²) < 4.78 is 25.0. The van der Waals surface area contributed by atoms with E-state index in [0.717, 1.165) is 18.9 Å². The minimum absolute atomic E-state index is 0.131. The number of nitro groups is 1. The lowest BCUT2D eigenvalue weighted by Crippen LogP contribution is -2.38. The summed E-state index contributed by atoms with van der Waals surface area (Å²) in [7, 11) is 0. The van der Waals surface area contributed by atoms with E-state index < -0.39 is 10.7 Å². The summed E-state index contributed by atoms with van der Waals surface area (Å²) in [5.74, 6) is -0.208. The Morgan fingerprint density at radius 3 is 2.48 bits per heavy atom. The van der Waals surface area contributed by atoms with Crippen molar-refractivity contribution in [1.29, 1.82) is 0 Å². The smallest absolute Gasteiger partial charge is 0.272 e. The highest BCUT2D eigenvalue weighted by molar-refractivity contribution is 5.52. The maximum absolute atomic E-state index is 14.0. The van der Waals surface area contributed by atoms with E-state index in [1.165, 1.54) is 12.1 Å². The fraction of sp³-hybridized carbons (Fsp3) is 0.571. The van der Waals surface area contributed by atoms with Crippen LogP contribution in [0.2, 0.25) is 0 Å². The largest absolute Gasteiger partial charge is 0.369 e. The van der Waals surface area contributed by atoms with Gasteiger partial charge in [-0.15, -0.1) is 0 Å². The van der Waals surface area contributed by atoms with E-state index >= 15 is 0 Å². The van der Waals surface area contributed by atoms with E-state index in [2.05, 4.69) is 0 Å². The minimum Gasteiger partial charge on any atom is -0.369 e. The Bertz CT molecular complexity index is 526. The fourth-order valence-electron chi connectivity index (χ4n) is 2.93. The maximum Gasteiger partial charge on any atom is 0.272 e. The van der Waals surface area contributed by atoms with Gasteiger partial charge in [-0.3, -0.25) is 10.1 Å². The quantitative estimate of drug-likeness (QED) is 0.632. The number of non-ortho nitro benzene ring substituents is 1. The van der Waals surface area contributed by atoms with E-state index in [9.17, 15) is 14.5 Å². The van der Waals surface area contributed by atoms with Crippen LogP contribution in [0.4, 0.5) is 15.8 Å². The summed E-state index contributed by atoms with van der Waals surface area (Å²) in [5.41, 5.74) is 0.200. The lowest BCUT2D eigenvalue weighted by atomic mass is 9.95. The third-order valence-electron chi connectivity index (χ3n) is 4.05. The Kier molecular flexibility index (Phi) is 4.03. The molecule has 0 spiro atoms. The second-order valence-electron chi connectivity index (χ2n) is 5.33. The molecule has 0 aromatic heterocycles. The Balaban J connectivity index is 1.65. The Morgan fingerprint density at radius 1 is 1.24 bits per heavy atom. The first-order valence-electron chi connectivity index (χ1n) is 7.07. The minimum atomic E-state index is -0.589. The van der Waals surface area contributed by atoms with Crippen LogP contribution in [-0.4, -0.2) is 37.5 Å². The number of ether oxygens (including phenoxy) is 2. The summed E-state index contributed by atoms with van der Waals surface area (Å²) in [6.07, 6.45) is 1.59. The number of rotatable bonds is 3. The van der Waals surface area contributed by atoms with Crippen LogP contribution in [0.15, 0.2) is 18.2 Å². The van der Waals surface area contributed by atoms with Crippen molar-refractivity contribution in [2.45, 2.75) is 19.1 Å². The number of halogens is 1. The van der Waals surface area contributed by atoms with Crippen molar-refractivity contribution < 1.29 is 18.8 Å².